The molecule has 1 fully saturated rings. The molecule has 0 radical (unpaired) electrons. The number of nitrogens with two attached hydrogens (primary N) is 1. The van der Waals surface area contributed by atoms with Crippen LogP contribution in [0.5, 0.6) is 0 Å². The Morgan fingerprint density at radius 2 is 2.18 bits per heavy atom. The molecule has 0 aromatic rings. The Labute approximate surface area is 104 Å². The summed E-state index contributed by atoms with van der Waals surface area (Å²) in [5.41, 5.74) is 5.87. The van der Waals surface area contributed by atoms with Crippen LogP contribution in [-0.4, -0.2) is 57.2 Å². The number of likely N-dealkylation sites (N-methyl/N-ethyl adjacent to an activating group) is 1. The highest BCUT2D eigenvalue weighted by Gasteiger charge is 2.29. The van der Waals surface area contributed by atoms with Crippen molar-refractivity contribution in [1.29, 1.82) is 0 Å². The van der Waals surface area contributed by atoms with Gasteiger partial charge in [-0.25, -0.2) is 0 Å². The minimum absolute atomic E-state index is 0.0422. The van der Waals surface area contributed by atoms with E-state index in [1.807, 2.05) is 14.1 Å². The van der Waals surface area contributed by atoms with Gasteiger partial charge < -0.3 is 20.7 Å². The number of hydrogen-bond acceptors (Lipinski definition) is 4. The van der Waals surface area contributed by atoms with Gasteiger partial charge in [0.05, 0.1) is 13.2 Å². The van der Waals surface area contributed by atoms with Crippen LogP contribution >= 0.6 is 0 Å². The van der Waals surface area contributed by atoms with Crippen molar-refractivity contribution >= 4 is 5.91 Å². The second kappa shape index (κ2) is 7.63. The second-order valence-corrected chi connectivity index (χ2v) is 4.97. The van der Waals surface area contributed by atoms with Crippen LogP contribution < -0.4 is 11.1 Å². The minimum atomic E-state index is 0.0422. The molecule has 0 bridgehead atoms. The highest BCUT2D eigenvalue weighted by Crippen LogP contribution is 2.32. The zero-order valence-electron chi connectivity index (χ0n) is 10.9. The molecule has 5 heteroatoms. The first kappa shape index (κ1) is 14.4. The predicted molar refractivity (Wildman–Crippen MR) is 67.7 cm³/mol. The quantitative estimate of drug-likeness (QED) is 0.551. The molecule has 0 aromatic carbocycles. The molecule has 1 atom stereocenters. The summed E-state index contributed by atoms with van der Waals surface area (Å²) >= 11 is 0. The molecule has 1 amide bonds. The maximum absolute atomic E-state index is 11.5. The average Bonchev–Trinajstić information content (AvgIpc) is 3.06. The van der Waals surface area contributed by atoms with Crippen molar-refractivity contribution in [3.05, 3.63) is 0 Å². The monoisotopic (exact) mass is 243 g/mol. The van der Waals surface area contributed by atoms with Crippen LogP contribution in [0.15, 0.2) is 0 Å². The smallest absolute Gasteiger partial charge is 0.221 e. The zero-order chi connectivity index (χ0) is 12.7. The fourth-order valence-electron chi connectivity index (χ4n) is 1.59. The molecule has 5 nitrogen and oxygen atoms in total. The summed E-state index contributed by atoms with van der Waals surface area (Å²) in [6.07, 6.45) is 2.81. The van der Waals surface area contributed by atoms with Crippen LogP contribution in [0.25, 0.3) is 0 Å². The van der Waals surface area contributed by atoms with Gasteiger partial charge >= 0.3 is 0 Å². The van der Waals surface area contributed by atoms with E-state index in [1.165, 1.54) is 12.8 Å². The SMILES string of the molecule is CN(C)CCOCCNC(=O)CC(N)C1CC1. The number of amides is 1. The zero-order valence-corrected chi connectivity index (χ0v) is 10.9. The first-order chi connectivity index (χ1) is 8.09. The predicted octanol–water partition coefficient (Wildman–Crippen LogP) is -0.192. The Kier molecular flexibility index (Phi) is 6.47. The highest BCUT2D eigenvalue weighted by molar-refractivity contribution is 5.76. The summed E-state index contributed by atoms with van der Waals surface area (Å²) in [6, 6.07) is 0.0460. The Hall–Kier alpha value is -0.650. The van der Waals surface area contributed by atoms with E-state index in [0.29, 0.717) is 32.1 Å². The lowest BCUT2D eigenvalue weighted by molar-refractivity contribution is -0.121. The fourth-order valence-corrected chi connectivity index (χ4v) is 1.59. The van der Waals surface area contributed by atoms with Gasteiger partial charge in [-0.3, -0.25) is 4.79 Å². The number of ether oxygens (including phenoxy) is 1. The number of nitrogens with zero attached hydrogens (tertiary/aromatic N) is 1. The van der Waals surface area contributed by atoms with Gasteiger partial charge in [0.25, 0.3) is 0 Å². The first-order valence-corrected chi connectivity index (χ1v) is 6.34. The Bertz CT molecular complexity index is 230. The van der Waals surface area contributed by atoms with Gasteiger partial charge in [-0.1, -0.05) is 0 Å². The van der Waals surface area contributed by atoms with Crippen LogP contribution in [0, 0.1) is 5.92 Å². The molecular weight excluding hydrogens is 218 g/mol. The van der Waals surface area contributed by atoms with Crippen LogP contribution in [0.4, 0.5) is 0 Å². The largest absolute Gasteiger partial charge is 0.378 e. The Morgan fingerprint density at radius 3 is 2.76 bits per heavy atom. The van der Waals surface area contributed by atoms with Crippen molar-refractivity contribution in [2.45, 2.75) is 25.3 Å². The average molecular weight is 243 g/mol. The molecule has 0 aromatic heterocycles. The van der Waals surface area contributed by atoms with Crippen molar-refractivity contribution in [3.8, 4) is 0 Å². The van der Waals surface area contributed by atoms with E-state index in [2.05, 4.69) is 10.2 Å². The highest BCUT2D eigenvalue weighted by atomic mass is 16.5. The van der Waals surface area contributed by atoms with Gasteiger partial charge in [0.15, 0.2) is 0 Å². The summed E-state index contributed by atoms with van der Waals surface area (Å²) in [5, 5.41) is 2.83. The molecule has 1 aliphatic carbocycles. The summed E-state index contributed by atoms with van der Waals surface area (Å²) in [6.45, 7) is 2.74. The first-order valence-electron chi connectivity index (χ1n) is 6.34. The van der Waals surface area contributed by atoms with E-state index in [1.54, 1.807) is 0 Å². The molecule has 100 valence electrons. The molecule has 17 heavy (non-hydrogen) atoms. The van der Waals surface area contributed by atoms with E-state index in [0.717, 1.165) is 6.54 Å². The van der Waals surface area contributed by atoms with Crippen molar-refractivity contribution in [2.24, 2.45) is 11.7 Å². The van der Waals surface area contributed by atoms with Crippen LogP contribution in [0.1, 0.15) is 19.3 Å². The molecular formula is C12H25N3O2. The van der Waals surface area contributed by atoms with Crippen LogP contribution in [-0.2, 0) is 9.53 Å². The Balaban J connectivity index is 1.89. The Morgan fingerprint density at radius 1 is 1.47 bits per heavy atom. The third kappa shape index (κ3) is 7.31. The maximum Gasteiger partial charge on any atom is 0.221 e. The van der Waals surface area contributed by atoms with Crippen LogP contribution in [0.3, 0.4) is 0 Å². The summed E-state index contributed by atoms with van der Waals surface area (Å²) < 4.78 is 5.37. The maximum atomic E-state index is 11.5. The number of hydrogen-bond donors (Lipinski definition) is 2. The third-order valence-corrected chi connectivity index (χ3v) is 2.90. The molecule has 0 heterocycles. The lowest BCUT2D eigenvalue weighted by atomic mass is 10.1. The standard InChI is InChI=1S/C12H25N3O2/c1-15(2)6-8-17-7-5-14-12(16)9-11(13)10-3-4-10/h10-11H,3-9,13H2,1-2H3,(H,14,16). The summed E-state index contributed by atoms with van der Waals surface area (Å²) in [7, 11) is 4.01. The molecule has 0 spiro atoms. The summed E-state index contributed by atoms with van der Waals surface area (Å²) in [5.74, 6) is 0.623. The molecule has 1 unspecified atom stereocenters. The lowest BCUT2D eigenvalue weighted by Gasteiger charge is -2.12. The number of rotatable bonds is 9. The fraction of sp³-hybridized carbons (Fsp3) is 0.917. The van der Waals surface area contributed by atoms with E-state index in [4.69, 9.17) is 10.5 Å². The van der Waals surface area contributed by atoms with Gasteiger partial charge in [0.1, 0.15) is 0 Å². The molecule has 1 rings (SSSR count). The molecule has 0 saturated heterocycles. The van der Waals surface area contributed by atoms with Gasteiger partial charge in [-0.05, 0) is 32.9 Å². The topological polar surface area (TPSA) is 67.6 Å². The van der Waals surface area contributed by atoms with Gasteiger partial charge in [-0.2, -0.15) is 0 Å². The molecule has 0 aliphatic heterocycles. The van der Waals surface area contributed by atoms with Crippen molar-refractivity contribution in [1.82, 2.24) is 10.2 Å². The lowest BCUT2D eigenvalue weighted by Crippen LogP contribution is -2.34. The van der Waals surface area contributed by atoms with E-state index < -0.39 is 0 Å². The van der Waals surface area contributed by atoms with Gasteiger partial charge in [0.2, 0.25) is 5.91 Å². The van der Waals surface area contributed by atoms with E-state index in [-0.39, 0.29) is 11.9 Å². The second-order valence-electron chi connectivity index (χ2n) is 4.97. The minimum Gasteiger partial charge on any atom is -0.378 e. The van der Waals surface area contributed by atoms with Gasteiger partial charge in [0, 0.05) is 25.6 Å². The summed E-state index contributed by atoms with van der Waals surface area (Å²) in [4.78, 5) is 13.5. The molecule has 1 saturated carbocycles. The third-order valence-electron chi connectivity index (χ3n) is 2.90. The van der Waals surface area contributed by atoms with E-state index >= 15 is 0 Å². The van der Waals surface area contributed by atoms with Gasteiger partial charge in [-0.15, -0.1) is 0 Å². The molecule has 3 N–H and O–H groups in total. The van der Waals surface area contributed by atoms with Crippen LogP contribution in [0.2, 0.25) is 0 Å². The van der Waals surface area contributed by atoms with Crippen molar-refractivity contribution < 1.29 is 9.53 Å². The molecule has 1 aliphatic rings. The van der Waals surface area contributed by atoms with E-state index in [9.17, 15) is 4.79 Å². The van der Waals surface area contributed by atoms with Crippen molar-refractivity contribution in [3.63, 3.8) is 0 Å². The number of nitrogens with one attached hydrogen (secondary N) is 1. The van der Waals surface area contributed by atoms with Crippen molar-refractivity contribution in [2.75, 3.05) is 40.4 Å². The normalized spacial score (nSPS) is 17.2. The number of carbonyl (C=O) groups is 1. The number of carbonyl (C=O) groups excluding carboxylic acids is 1.